The molecule has 2 aromatic rings. The van der Waals surface area contributed by atoms with E-state index in [0.717, 1.165) is 24.0 Å². The summed E-state index contributed by atoms with van der Waals surface area (Å²) in [5.74, 6) is -2.10. The average Bonchev–Trinajstić information content (AvgIpc) is 3.31. The lowest BCUT2D eigenvalue weighted by atomic mass is 9.73. The van der Waals surface area contributed by atoms with Crippen molar-refractivity contribution < 1.29 is 27.8 Å². The number of carbonyl (C=O) groups excluding carboxylic acids is 1. The van der Waals surface area contributed by atoms with Gasteiger partial charge in [0.1, 0.15) is 0 Å². The van der Waals surface area contributed by atoms with Crippen LogP contribution in [0.3, 0.4) is 0 Å². The molecule has 1 fully saturated rings. The van der Waals surface area contributed by atoms with E-state index in [4.69, 9.17) is 0 Å². The number of thiazole rings is 1. The predicted molar refractivity (Wildman–Crippen MR) is 101 cm³/mol. The number of anilines is 1. The van der Waals surface area contributed by atoms with Crippen LogP contribution in [-0.2, 0) is 4.74 Å². The quantitative estimate of drug-likeness (QED) is 0.754. The van der Waals surface area contributed by atoms with Crippen LogP contribution in [0, 0.1) is 5.92 Å². The second-order valence-corrected chi connectivity index (χ2v) is 7.91. The molecule has 6 nitrogen and oxygen atoms in total. The minimum absolute atomic E-state index is 0.115. The van der Waals surface area contributed by atoms with E-state index in [2.05, 4.69) is 14.8 Å². The number of hydrazone groups is 1. The molecule has 1 aromatic carbocycles. The highest BCUT2D eigenvalue weighted by molar-refractivity contribution is 7.14. The number of hydrogen-bond donors (Lipinski definition) is 1. The zero-order valence-electron chi connectivity index (χ0n) is 15.4. The molecule has 1 aliphatic heterocycles. The fourth-order valence-electron chi connectivity index (χ4n) is 4.00. The van der Waals surface area contributed by atoms with Crippen molar-refractivity contribution in [2.75, 3.05) is 12.1 Å². The topological polar surface area (TPSA) is 75.0 Å². The Bertz CT molecular complexity index is 947. The molecule has 154 valence electrons. The number of aliphatic hydroxyl groups is 1. The summed E-state index contributed by atoms with van der Waals surface area (Å²) >= 11 is 0.798. The molecule has 2 heterocycles. The van der Waals surface area contributed by atoms with Gasteiger partial charge in [-0.25, -0.2) is 9.78 Å². The highest BCUT2D eigenvalue weighted by Crippen LogP contribution is 2.52. The third-order valence-corrected chi connectivity index (χ3v) is 6.28. The van der Waals surface area contributed by atoms with Crippen molar-refractivity contribution in [1.29, 1.82) is 0 Å². The van der Waals surface area contributed by atoms with E-state index in [1.54, 1.807) is 0 Å². The van der Waals surface area contributed by atoms with Crippen molar-refractivity contribution in [1.82, 2.24) is 4.98 Å². The van der Waals surface area contributed by atoms with Gasteiger partial charge in [-0.05, 0) is 30.7 Å². The summed E-state index contributed by atoms with van der Waals surface area (Å²) in [7, 11) is 1.15. The van der Waals surface area contributed by atoms with Gasteiger partial charge in [0, 0.05) is 11.1 Å². The van der Waals surface area contributed by atoms with Crippen molar-refractivity contribution >= 4 is 28.1 Å². The maximum absolute atomic E-state index is 14.1. The molecular formula is C19H18F3N3O3S. The van der Waals surface area contributed by atoms with Gasteiger partial charge in [0.05, 0.1) is 13.0 Å². The van der Waals surface area contributed by atoms with Crippen LogP contribution in [0.4, 0.5) is 18.3 Å². The number of esters is 1. The molecule has 1 N–H and O–H groups in total. The number of alkyl halides is 3. The summed E-state index contributed by atoms with van der Waals surface area (Å²) in [4.78, 5) is 15.5. The normalized spacial score (nSPS) is 26.8. The Morgan fingerprint density at radius 2 is 2.07 bits per heavy atom. The fourth-order valence-corrected chi connectivity index (χ4v) is 4.79. The number of ether oxygens (including phenoxy) is 1. The Kier molecular flexibility index (Phi) is 4.86. The van der Waals surface area contributed by atoms with E-state index in [-0.39, 0.29) is 23.2 Å². The Morgan fingerprint density at radius 1 is 1.34 bits per heavy atom. The van der Waals surface area contributed by atoms with Gasteiger partial charge in [-0.15, -0.1) is 11.3 Å². The first kappa shape index (κ1) is 19.8. The molecule has 0 amide bonds. The van der Waals surface area contributed by atoms with E-state index in [0.29, 0.717) is 23.6 Å². The van der Waals surface area contributed by atoms with Crippen molar-refractivity contribution in [2.45, 2.75) is 37.1 Å². The van der Waals surface area contributed by atoms with Crippen LogP contribution in [-0.4, -0.2) is 40.8 Å². The standard InChI is InChI=1S/C19H18F3N3O3S/c1-28-16(26)15-10-29-17(23-15)25-18(27,19(20,21)22)13-9-12(7-8-14(13)24-25)11-5-3-2-4-6-11/h2-6,10,12-13,27H,7-9H2,1H3/t12-,13+,18+/m0/s1. The van der Waals surface area contributed by atoms with E-state index in [1.807, 2.05) is 30.3 Å². The zero-order chi connectivity index (χ0) is 20.8. The van der Waals surface area contributed by atoms with Crippen molar-refractivity contribution in [3.63, 3.8) is 0 Å². The minimum Gasteiger partial charge on any atom is -0.464 e. The number of nitrogens with zero attached hydrogens (tertiary/aromatic N) is 3. The number of carbonyl (C=O) groups is 1. The second-order valence-electron chi connectivity index (χ2n) is 7.07. The molecule has 0 radical (unpaired) electrons. The number of methoxy groups -OCH3 is 1. The lowest BCUT2D eigenvalue weighted by Gasteiger charge is -2.39. The van der Waals surface area contributed by atoms with E-state index >= 15 is 0 Å². The SMILES string of the molecule is COC(=O)c1csc(N2N=C3CC[C@H](c4ccccc4)C[C@H]3[C@@]2(O)C(F)(F)F)n1. The first-order chi connectivity index (χ1) is 13.8. The number of aromatic nitrogens is 1. The van der Waals surface area contributed by atoms with Crippen LogP contribution in [0.1, 0.15) is 41.2 Å². The summed E-state index contributed by atoms with van der Waals surface area (Å²) in [5, 5.41) is 16.6. The molecule has 1 aromatic heterocycles. The molecule has 3 atom stereocenters. The largest absolute Gasteiger partial charge is 0.464 e. The Labute approximate surface area is 168 Å². The summed E-state index contributed by atoms with van der Waals surface area (Å²) in [6.45, 7) is 0. The number of halogens is 3. The smallest absolute Gasteiger partial charge is 0.439 e. The zero-order valence-corrected chi connectivity index (χ0v) is 16.2. The van der Waals surface area contributed by atoms with Crippen molar-refractivity contribution in [3.05, 3.63) is 47.0 Å². The molecule has 10 heteroatoms. The van der Waals surface area contributed by atoms with E-state index in [1.165, 1.54) is 5.38 Å². The van der Waals surface area contributed by atoms with Crippen LogP contribution in [0.25, 0.3) is 0 Å². The number of benzene rings is 1. The number of fused-ring (bicyclic) bond motifs is 1. The van der Waals surface area contributed by atoms with E-state index in [9.17, 15) is 23.1 Å². The summed E-state index contributed by atoms with van der Waals surface area (Å²) in [6.07, 6.45) is -3.87. The third-order valence-electron chi connectivity index (χ3n) is 5.46. The third kappa shape index (κ3) is 3.20. The Morgan fingerprint density at radius 3 is 2.72 bits per heavy atom. The molecule has 29 heavy (non-hydrogen) atoms. The monoisotopic (exact) mass is 425 g/mol. The molecular weight excluding hydrogens is 407 g/mol. The first-order valence-corrected chi connectivity index (χ1v) is 9.89. The van der Waals surface area contributed by atoms with E-state index < -0.39 is 23.8 Å². The molecule has 4 rings (SSSR count). The maximum Gasteiger partial charge on any atom is 0.439 e. The van der Waals surface area contributed by atoms with Crippen LogP contribution < -0.4 is 5.01 Å². The summed E-state index contributed by atoms with van der Waals surface area (Å²) in [6, 6.07) is 9.31. The summed E-state index contributed by atoms with van der Waals surface area (Å²) in [5.41, 5.74) is -2.11. The highest BCUT2D eigenvalue weighted by Gasteiger charge is 2.68. The summed E-state index contributed by atoms with van der Waals surface area (Å²) < 4.78 is 47.0. The Hall–Kier alpha value is -2.46. The van der Waals surface area contributed by atoms with Crippen LogP contribution in [0.15, 0.2) is 40.8 Å². The van der Waals surface area contributed by atoms with Gasteiger partial charge in [0.15, 0.2) is 5.69 Å². The van der Waals surface area contributed by atoms with Gasteiger partial charge in [-0.1, -0.05) is 30.3 Å². The molecule has 0 saturated heterocycles. The van der Waals surface area contributed by atoms with Gasteiger partial charge in [0.2, 0.25) is 5.13 Å². The molecule has 2 aliphatic rings. The first-order valence-electron chi connectivity index (χ1n) is 9.01. The molecule has 1 saturated carbocycles. The van der Waals surface area contributed by atoms with Crippen molar-refractivity contribution in [2.24, 2.45) is 11.0 Å². The van der Waals surface area contributed by atoms with Gasteiger partial charge < -0.3 is 9.84 Å². The Balaban J connectivity index is 1.70. The van der Waals surface area contributed by atoms with Gasteiger partial charge in [0.25, 0.3) is 5.72 Å². The minimum atomic E-state index is -4.97. The van der Waals surface area contributed by atoms with Crippen LogP contribution in [0.5, 0.6) is 0 Å². The molecule has 0 bridgehead atoms. The number of hydrogen-bond acceptors (Lipinski definition) is 7. The molecule has 1 aliphatic carbocycles. The molecule has 0 spiro atoms. The predicted octanol–water partition coefficient (Wildman–Crippen LogP) is 3.94. The van der Waals surface area contributed by atoms with Gasteiger partial charge in [-0.2, -0.15) is 23.3 Å². The van der Waals surface area contributed by atoms with Gasteiger partial charge in [-0.3, -0.25) is 0 Å². The van der Waals surface area contributed by atoms with Gasteiger partial charge >= 0.3 is 12.1 Å². The highest BCUT2D eigenvalue weighted by atomic mass is 32.1. The lowest BCUT2D eigenvalue weighted by molar-refractivity contribution is -0.269. The average molecular weight is 425 g/mol. The van der Waals surface area contributed by atoms with Crippen LogP contribution >= 0.6 is 11.3 Å². The second kappa shape index (κ2) is 7.10. The fraction of sp³-hybridized carbons (Fsp3) is 0.421. The molecule has 0 unspecified atom stereocenters. The maximum atomic E-state index is 14.1. The number of rotatable bonds is 3. The lowest BCUT2D eigenvalue weighted by Crippen LogP contribution is -2.60. The van der Waals surface area contributed by atoms with Crippen molar-refractivity contribution in [3.8, 4) is 0 Å². The van der Waals surface area contributed by atoms with Crippen LogP contribution in [0.2, 0.25) is 0 Å².